The number of para-hydroxylation sites is 1. The smallest absolute Gasteiger partial charge is 0.253 e. The number of nitrogens with two attached hydrogens (primary N) is 1. The van der Waals surface area contributed by atoms with E-state index < -0.39 is 5.25 Å². The van der Waals surface area contributed by atoms with Crippen LogP contribution >= 0.6 is 11.8 Å². The molecule has 0 aliphatic heterocycles. The maximum atomic E-state index is 12.5. The average molecular weight is 346 g/mol. The Morgan fingerprint density at radius 2 is 1.96 bits per heavy atom. The second-order valence-electron chi connectivity index (χ2n) is 5.38. The van der Waals surface area contributed by atoms with Gasteiger partial charge in [0.2, 0.25) is 5.91 Å². The van der Waals surface area contributed by atoms with Crippen molar-refractivity contribution in [3.05, 3.63) is 45.7 Å². The number of hydrogen-bond donors (Lipinski definition) is 3. The third-order valence-corrected chi connectivity index (χ3v) is 4.63. The van der Waals surface area contributed by atoms with E-state index in [0.717, 1.165) is 29.7 Å². The zero-order chi connectivity index (χ0) is 17.7. The molecule has 0 saturated carbocycles. The van der Waals surface area contributed by atoms with Crippen molar-refractivity contribution < 1.29 is 4.79 Å². The van der Waals surface area contributed by atoms with Gasteiger partial charge in [0.1, 0.15) is 5.82 Å². The highest BCUT2D eigenvalue weighted by molar-refractivity contribution is 8.00. The Labute approximate surface area is 145 Å². The van der Waals surface area contributed by atoms with E-state index in [-0.39, 0.29) is 17.3 Å². The van der Waals surface area contributed by atoms with E-state index in [0.29, 0.717) is 5.16 Å². The lowest BCUT2D eigenvalue weighted by Gasteiger charge is -2.17. The molecule has 1 heterocycles. The SMILES string of the molecule is CCc1cccc(CC)c1NC(=O)[C@@H](C)Sc1nc(N)cc(=O)[nH]1. The van der Waals surface area contributed by atoms with Crippen LogP contribution < -0.4 is 16.6 Å². The topological polar surface area (TPSA) is 101 Å². The Morgan fingerprint density at radius 3 is 2.50 bits per heavy atom. The molecule has 0 unspecified atom stereocenters. The summed E-state index contributed by atoms with van der Waals surface area (Å²) in [5.74, 6) is -0.000806. The molecule has 0 aliphatic rings. The standard InChI is InChI=1S/C17H22N4O2S/c1-4-11-7-6-8-12(5-2)15(11)21-16(23)10(3)24-17-19-13(18)9-14(22)20-17/h6-10H,4-5H2,1-3H3,(H,21,23)(H3,18,19,20,22)/t10-/m1/s1. The van der Waals surface area contributed by atoms with Crippen molar-refractivity contribution in [3.63, 3.8) is 0 Å². The molecule has 128 valence electrons. The van der Waals surface area contributed by atoms with Gasteiger partial charge >= 0.3 is 0 Å². The fourth-order valence-electron chi connectivity index (χ4n) is 2.36. The molecule has 1 amide bonds. The fourth-order valence-corrected chi connectivity index (χ4v) is 3.18. The number of H-pyrrole nitrogens is 1. The molecule has 0 spiro atoms. The summed E-state index contributed by atoms with van der Waals surface area (Å²) in [7, 11) is 0. The summed E-state index contributed by atoms with van der Waals surface area (Å²) < 4.78 is 0. The van der Waals surface area contributed by atoms with Crippen LogP contribution in [0.4, 0.5) is 11.5 Å². The minimum absolute atomic E-state index is 0.137. The van der Waals surface area contributed by atoms with E-state index in [1.165, 1.54) is 17.8 Å². The van der Waals surface area contributed by atoms with Gasteiger partial charge in [-0.05, 0) is 30.9 Å². The van der Waals surface area contributed by atoms with Crippen LogP contribution in [0.15, 0.2) is 34.2 Å². The number of thioether (sulfide) groups is 1. The van der Waals surface area contributed by atoms with E-state index >= 15 is 0 Å². The van der Waals surface area contributed by atoms with Crippen molar-refractivity contribution in [1.29, 1.82) is 0 Å². The molecule has 7 heteroatoms. The highest BCUT2D eigenvalue weighted by Gasteiger charge is 2.18. The predicted molar refractivity (Wildman–Crippen MR) is 98.4 cm³/mol. The minimum atomic E-state index is -0.426. The van der Waals surface area contributed by atoms with Gasteiger partial charge in [-0.25, -0.2) is 4.98 Å². The molecule has 1 atom stereocenters. The number of benzene rings is 1. The first-order valence-electron chi connectivity index (χ1n) is 7.89. The molecule has 1 aromatic carbocycles. The second-order valence-corrected chi connectivity index (χ2v) is 6.71. The number of aromatic nitrogens is 2. The van der Waals surface area contributed by atoms with E-state index in [4.69, 9.17) is 5.73 Å². The fraction of sp³-hybridized carbons (Fsp3) is 0.353. The molecule has 2 rings (SSSR count). The van der Waals surface area contributed by atoms with Crippen LogP contribution in [0.1, 0.15) is 31.9 Å². The molecule has 0 aliphatic carbocycles. The number of amides is 1. The van der Waals surface area contributed by atoms with E-state index in [2.05, 4.69) is 29.1 Å². The number of hydrogen-bond acceptors (Lipinski definition) is 5. The Morgan fingerprint density at radius 1 is 1.33 bits per heavy atom. The minimum Gasteiger partial charge on any atom is -0.383 e. The summed E-state index contributed by atoms with van der Waals surface area (Å²) in [6.45, 7) is 5.89. The normalized spacial score (nSPS) is 12.0. The van der Waals surface area contributed by atoms with Gasteiger partial charge in [0.05, 0.1) is 5.25 Å². The maximum Gasteiger partial charge on any atom is 0.253 e. The van der Waals surface area contributed by atoms with Gasteiger partial charge in [0.15, 0.2) is 5.16 Å². The number of nitrogen functional groups attached to an aromatic ring is 1. The first-order chi connectivity index (χ1) is 11.4. The number of aryl methyl sites for hydroxylation is 2. The summed E-state index contributed by atoms with van der Waals surface area (Å²) in [4.78, 5) is 30.6. The van der Waals surface area contributed by atoms with E-state index in [1.807, 2.05) is 18.2 Å². The molecule has 2 aromatic rings. The van der Waals surface area contributed by atoms with Crippen LogP contribution in [-0.4, -0.2) is 21.1 Å². The van der Waals surface area contributed by atoms with Crippen molar-refractivity contribution in [2.75, 3.05) is 11.1 Å². The lowest BCUT2D eigenvalue weighted by atomic mass is 10.0. The van der Waals surface area contributed by atoms with Crippen molar-refractivity contribution >= 4 is 29.2 Å². The molecule has 24 heavy (non-hydrogen) atoms. The summed E-state index contributed by atoms with van der Waals surface area (Å²) in [5.41, 5.74) is 8.33. The predicted octanol–water partition coefficient (Wildman–Crippen LogP) is 2.60. The monoisotopic (exact) mass is 346 g/mol. The van der Waals surface area contributed by atoms with Gasteiger partial charge in [-0.3, -0.25) is 9.59 Å². The van der Waals surface area contributed by atoms with Crippen LogP contribution in [0, 0.1) is 0 Å². The molecule has 1 aromatic heterocycles. The van der Waals surface area contributed by atoms with Gasteiger partial charge in [0, 0.05) is 11.8 Å². The van der Waals surface area contributed by atoms with Crippen LogP contribution in [0.25, 0.3) is 0 Å². The van der Waals surface area contributed by atoms with Crippen LogP contribution in [0.2, 0.25) is 0 Å². The Bertz CT molecular complexity index is 766. The van der Waals surface area contributed by atoms with Gasteiger partial charge < -0.3 is 16.0 Å². The molecule has 0 saturated heterocycles. The summed E-state index contributed by atoms with van der Waals surface area (Å²) in [6, 6.07) is 7.25. The number of rotatable bonds is 6. The largest absolute Gasteiger partial charge is 0.383 e. The van der Waals surface area contributed by atoms with Crippen molar-refractivity contribution in [2.45, 2.75) is 44.0 Å². The second kappa shape index (κ2) is 8.01. The van der Waals surface area contributed by atoms with Crippen LogP contribution in [-0.2, 0) is 17.6 Å². The van der Waals surface area contributed by atoms with Crippen molar-refractivity contribution in [1.82, 2.24) is 9.97 Å². The lowest BCUT2D eigenvalue weighted by molar-refractivity contribution is -0.115. The number of nitrogens with zero attached hydrogens (tertiary/aromatic N) is 1. The molecule has 6 nitrogen and oxygen atoms in total. The first-order valence-corrected chi connectivity index (χ1v) is 8.77. The molecule has 4 N–H and O–H groups in total. The maximum absolute atomic E-state index is 12.5. The number of aromatic amines is 1. The molecule has 0 fully saturated rings. The van der Waals surface area contributed by atoms with E-state index in [9.17, 15) is 9.59 Å². The van der Waals surface area contributed by atoms with Crippen molar-refractivity contribution in [2.24, 2.45) is 0 Å². The third-order valence-electron chi connectivity index (χ3n) is 3.64. The zero-order valence-corrected chi connectivity index (χ0v) is 14.9. The molecule has 0 radical (unpaired) electrons. The lowest BCUT2D eigenvalue weighted by Crippen LogP contribution is -2.24. The molecular formula is C17H22N4O2S. The summed E-state index contributed by atoms with van der Waals surface area (Å²) in [5, 5.41) is 2.93. The molecule has 0 bridgehead atoms. The Balaban J connectivity index is 2.16. The van der Waals surface area contributed by atoms with Crippen LogP contribution in [0.3, 0.4) is 0 Å². The highest BCUT2D eigenvalue weighted by Crippen LogP contribution is 2.25. The number of anilines is 2. The summed E-state index contributed by atoms with van der Waals surface area (Å²) in [6.07, 6.45) is 1.68. The third kappa shape index (κ3) is 4.38. The van der Waals surface area contributed by atoms with Gasteiger partial charge in [-0.1, -0.05) is 43.8 Å². The number of nitrogens with one attached hydrogen (secondary N) is 2. The van der Waals surface area contributed by atoms with Crippen LogP contribution in [0.5, 0.6) is 0 Å². The van der Waals surface area contributed by atoms with Crippen molar-refractivity contribution in [3.8, 4) is 0 Å². The Hall–Kier alpha value is -2.28. The van der Waals surface area contributed by atoms with Gasteiger partial charge in [-0.15, -0.1) is 0 Å². The summed E-state index contributed by atoms with van der Waals surface area (Å²) >= 11 is 1.17. The van der Waals surface area contributed by atoms with Gasteiger partial charge in [0.25, 0.3) is 5.56 Å². The average Bonchev–Trinajstić information content (AvgIpc) is 2.53. The number of carbonyl (C=O) groups excluding carboxylic acids is 1. The molecular weight excluding hydrogens is 324 g/mol. The van der Waals surface area contributed by atoms with Gasteiger partial charge in [-0.2, -0.15) is 0 Å². The quantitative estimate of drug-likeness (QED) is 0.551. The zero-order valence-electron chi connectivity index (χ0n) is 14.1. The van der Waals surface area contributed by atoms with E-state index in [1.54, 1.807) is 6.92 Å². The first kappa shape index (κ1) is 18.1. The Kier molecular flexibility index (Phi) is 6.03. The highest BCUT2D eigenvalue weighted by atomic mass is 32.2. The number of carbonyl (C=O) groups is 1.